The van der Waals surface area contributed by atoms with Crippen LogP contribution in [0.4, 0.5) is 0 Å². The molecule has 1 N–H and O–H groups in total. The van der Waals surface area contributed by atoms with Crippen LogP contribution in [0, 0.1) is 0 Å². The molecule has 0 aromatic heterocycles. The molecule has 3 nitrogen and oxygen atoms in total. The summed E-state index contributed by atoms with van der Waals surface area (Å²) >= 11 is 0. The van der Waals surface area contributed by atoms with E-state index in [1.54, 1.807) is 6.92 Å². The minimum atomic E-state index is -0.552. The highest BCUT2D eigenvalue weighted by atomic mass is 16.5. The van der Waals surface area contributed by atoms with Crippen molar-refractivity contribution < 1.29 is 9.84 Å². The molecule has 3 atom stereocenters. The lowest BCUT2D eigenvalue weighted by atomic mass is 9.99. The molecule has 0 spiro atoms. The molecule has 0 bridgehead atoms. The molecule has 0 amide bonds. The Labute approximate surface area is 124 Å². The summed E-state index contributed by atoms with van der Waals surface area (Å²) in [5.74, 6) is 0.627. The number of ether oxygens (including phenoxy) is 1. The number of aliphatic hydroxyl groups excluding tert-OH is 1. The van der Waals surface area contributed by atoms with Crippen molar-refractivity contribution in [3.63, 3.8) is 0 Å². The van der Waals surface area contributed by atoms with E-state index in [4.69, 9.17) is 9.73 Å². The Morgan fingerprint density at radius 3 is 2.29 bits per heavy atom. The van der Waals surface area contributed by atoms with Gasteiger partial charge < -0.3 is 9.84 Å². The van der Waals surface area contributed by atoms with Gasteiger partial charge in [-0.3, -0.25) is 0 Å². The van der Waals surface area contributed by atoms with E-state index in [0.717, 1.165) is 12.0 Å². The first-order valence-corrected chi connectivity index (χ1v) is 7.26. The summed E-state index contributed by atoms with van der Waals surface area (Å²) in [6.45, 7) is 1.76. The predicted octanol–water partition coefficient (Wildman–Crippen LogP) is 2.82. The first-order valence-electron chi connectivity index (χ1n) is 7.26. The number of rotatable bonds is 4. The fraction of sp³-hybridized carbons (Fsp3) is 0.278. The van der Waals surface area contributed by atoms with Gasteiger partial charge in [0, 0.05) is 5.56 Å². The van der Waals surface area contributed by atoms with Gasteiger partial charge in [-0.2, -0.15) is 0 Å². The Bertz CT molecular complexity index is 608. The van der Waals surface area contributed by atoms with Crippen molar-refractivity contribution in [2.24, 2.45) is 4.99 Å². The van der Waals surface area contributed by atoms with E-state index in [-0.39, 0.29) is 12.1 Å². The second-order valence-corrected chi connectivity index (χ2v) is 5.38. The van der Waals surface area contributed by atoms with Crippen LogP contribution < -0.4 is 0 Å². The molecule has 0 fully saturated rings. The molecule has 3 rings (SSSR count). The second-order valence-electron chi connectivity index (χ2n) is 5.38. The minimum absolute atomic E-state index is 0.0531. The maximum atomic E-state index is 9.97. The van der Waals surface area contributed by atoms with E-state index >= 15 is 0 Å². The Hall–Kier alpha value is -2.13. The highest BCUT2D eigenvalue weighted by Gasteiger charge is 2.34. The normalized spacial score (nSPS) is 22.5. The summed E-state index contributed by atoms with van der Waals surface area (Å²) in [5, 5.41) is 9.97. The zero-order valence-corrected chi connectivity index (χ0v) is 12.0. The van der Waals surface area contributed by atoms with Crippen LogP contribution in [0.3, 0.4) is 0 Å². The lowest BCUT2D eigenvalue weighted by molar-refractivity contribution is 0.0415. The highest BCUT2D eigenvalue weighted by molar-refractivity contribution is 5.95. The fourth-order valence-corrected chi connectivity index (χ4v) is 2.62. The number of aliphatic imine (C=N–C) groups is 1. The lowest BCUT2D eigenvalue weighted by Crippen LogP contribution is -2.34. The van der Waals surface area contributed by atoms with Crippen molar-refractivity contribution >= 4 is 5.90 Å². The van der Waals surface area contributed by atoms with Gasteiger partial charge in [-0.05, 0) is 31.0 Å². The van der Waals surface area contributed by atoms with Gasteiger partial charge in [0.1, 0.15) is 6.10 Å². The Morgan fingerprint density at radius 2 is 1.67 bits per heavy atom. The van der Waals surface area contributed by atoms with Crippen molar-refractivity contribution in [2.75, 3.05) is 0 Å². The average Bonchev–Trinajstić information content (AvgIpc) is 2.93. The van der Waals surface area contributed by atoms with Crippen molar-refractivity contribution in [2.45, 2.75) is 31.6 Å². The molecule has 0 aliphatic carbocycles. The van der Waals surface area contributed by atoms with Crippen molar-refractivity contribution in [1.29, 1.82) is 0 Å². The molecule has 3 heteroatoms. The molecule has 2 aromatic rings. The number of hydrogen-bond donors (Lipinski definition) is 1. The molecule has 1 aliphatic rings. The maximum Gasteiger partial charge on any atom is 0.216 e. The van der Waals surface area contributed by atoms with Crippen LogP contribution in [0.5, 0.6) is 0 Å². The van der Waals surface area contributed by atoms with Gasteiger partial charge in [-0.15, -0.1) is 0 Å². The largest absolute Gasteiger partial charge is 0.469 e. The minimum Gasteiger partial charge on any atom is -0.469 e. The van der Waals surface area contributed by atoms with Gasteiger partial charge in [-0.1, -0.05) is 48.5 Å². The fourth-order valence-electron chi connectivity index (χ4n) is 2.62. The summed E-state index contributed by atoms with van der Waals surface area (Å²) in [7, 11) is 0. The Kier molecular flexibility index (Phi) is 4.02. The van der Waals surface area contributed by atoms with Crippen molar-refractivity contribution in [1.82, 2.24) is 0 Å². The van der Waals surface area contributed by atoms with E-state index in [1.165, 1.54) is 5.56 Å². The predicted molar refractivity (Wildman–Crippen MR) is 83.5 cm³/mol. The van der Waals surface area contributed by atoms with Gasteiger partial charge in [-0.25, -0.2) is 4.99 Å². The third-order valence-electron chi connectivity index (χ3n) is 3.69. The number of nitrogens with zero attached hydrogens (tertiary/aromatic N) is 1. The topological polar surface area (TPSA) is 41.8 Å². The molecule has 108 valence electrons. The van der Waals surface area contributed by atoms with Crippen LogP contribution in [-0.2, 0) is 11.2 Å². The van der Waals surface area contributed by atoms with Gasteiger partial charge in [0.25, 0.3) is 0 Å². The quantitative estimate of drug-likeness (QED) is 0.936. The van der Waals surface area contributed by atoms with Crippen LogP contribution in [0.1, 0.15) is 18.1 Å². The lowest BCUT2D eigenvalue weighted by Gasteiger charge is -2.20. The van der Waals surface area contributed by atoms with Crippen molar-refractivity contribution in [3.05, 3.63) is 71.8 Å². The van der Waals surface area contributed by atoms with E-state index in [0.29, 0.717) is 5.90 Å². The molecule has 21 heavy (non-hydrogen) atoms. The maximum absolute atomic E-state index is 9.97. The summed E-state index contributed by atoms with van der Waals surface area (Å²) < 4.78 is 5.89. The van der Waals surface area contributed by atoms with Gasteiger partial charge in [0.2, 0.25) is 5.90 Å². The Balaban J connectivity index is 1.84. The average molecular weight is 281 g/mol. The molecule has 0 unspecified atom stereocenters. The van der Waals surface area contributed by atoms with Crippen molar-refractivity contribution in [3.8, 4) is 0 Å². The SMILES string of the molecule is C[C@H](O)[C@H]1OC(c2ccccc2)=N[C@@H]1Cc1ccccc1. The van der Waals surface area contributed by atoms with Gasteiger partial charge in [0.15, 0.2) is 0 Å². The smallest absolute Gasteiger partial charge is 0.216 e. The van der Waals surface area contributed by atoms with E-state index < -0.39 is 6.10 Å². The molecule has 0 saturated heterocycles. The summed E-state index contributed by atoms with van der Waals surface area (Å²) in [6, 6.07) is 20.0. The zero-order valence-electron chi connectivity index (χ0n) is 12.0. The first kappa shape index (κ1) is 13.8. The third-order valence-corrected chi connectivity index (χ3v) is 3.69. The molecule has 1 aliphatic heterocycles. The Morgan fingerprint density at radius 1 is 1.05 bits per heavy atom. The molecule has 0 radical (unpaired) electrons. The highest BCUT2D eigenvalue weighted by Crippen LogP contribution is 2.23. The van der Waals surface area contributed by atoms with Crippen LogP contribution in [0.25, 0.3) is 0 Å². The summed E-state index contributed by atoms with van der Waals surface area (Å²) in [4.78, 5) is 4.69. The van der Waals surface area contributed by atoms with Gasteiger partial charge in [0.05, 0.1) is 12.1 Å². The number of benzene rings is 2. The summed E-state index contributed by atoms with van der Waals surface area (Å²) in [6.07, 6.45) is -0.0729. The molecule has 0 saturated carbocycles. The van der Waals surface area contributed by atoms with E-state index in [9.17, 15) is 5.11 Å². The van der Waals surface area contributed by atoms with Crippen LogP contribution >= 0.6 is 0 Å². The van der Waals surface area contributed by atoms with Crippen LogP contribution in [0.15, 0.2) is 65.7 Å². The monoisotopic (exact) mass is 281 g/mol. The molecular formula is C18H19NO2. The third kappa shape index (κ3) is 3.14. The second kappa shape index (κ2) is 6.10. The molecule has 1 heterocycles. The molecular weight excluding hydrogens is 262 g/mol. The van der Waals surface area contributed by atoms with Gasteiger partial charge >= 0.3 is 0 Å². The number of hydrogen-bond acceptors (Lipinski definition) is 3. The van der Waals surface area contributed by atoms with E-state index in [1.807, 2.05) is 48.5 Å². The first-order chi connectivity index (χ1) is 10.2. The number of aliphatic hydroxyl groups is 1. The molecule has 2 aromatic carbocycles. The zero-order chi connectivity index (χ0) is 14.7. The van der Waals surface area contributed by atoms with Crippen LogP contribution in [0.2, 0.25) is 0 Å². The standard InChI is InChI=1S/C18H19NO2/c1-13(20)17-16(12-14-8-4-2-5-9-14)19-18(21-17)15-10-6-3-7-11-15/h2-11,13,16-17,20H,12H2,1H3/t13-,16+,17+/m0/s1. The van der Waals surface area contributed by atoms with Crippen LogP contribution in [-0.4, -0.2) is 29.3 Å². The summed E-state index contributed by atoms with van der Waals surface area (Å²) in [5.41, 5.74) is 2.16. The van der Waals surface area contributed by atoms with E-state index in [2.05, 4.69) is 12.1 Å².